The van der Waals surface area contributed by atoms with Gasteiger partial charge in [-0.15, -0.1) is 0 Å². The Morgan fingerprint density at radius 1 is 1.06 bits per heavy atom. The van der Waals surface area contributed by atoms with Gasteiger partial charge in [-0.25, -0.2) is 4.79 Å². The zero-order chi connectivity index (χ0) is 23.2. The summed E-state index contributed by atoms with van der Waals surface area (Å²) in [6.45, 7) is 0.914. The molecular weight excluding hydrogens is 424 g/mol. The Hall–Kier alpha value is -4.27. The largest absolute Gasteiger partial charge is 0.494 e. The molecule has 0 spiro atoms. The van der Waals surface area contributed by atoms with Gasteiger partial charge in [0, 0.05) is 37.0 Å². The molecule has 0 saturated carbocycles. The fourth-order valence-corrected chi connectivity index (χ4v) is 3.60. The van der Waals surface area contributed by atoms with Crippen LogP contribution in [0.2, 0.25) is 0 Å². The minimum absolute atomic E-state index is 0.0642. The van der Waals surface area contributed by atoms with Crippen LogP contribution in [0.1, 0.15) is 29.0 Å². The van der Waals surface area contributed by atoms with Gasteiger partial charge in [-0.1, -0.05) is 12.1 Å². The molecule has 1 aliphatic rings. The lowest BCUT2D eigenvalue weighted by Crippen LogP contribution is -2.28. The van der Waals surface area contributed by atoms with Crippen LogP contribution in [-0.2, 0) is 11.3 Å². The Kier molecular flexibility index (Phi) is 6.58. The molecule has 1 fully saturated rings. The number of nitrogens with one attached hydrogen (secondary N) is 3. The van der Waals surface area contributed by atoms with Gasteiger partial charge in [-0.05, 0) is 48.4 Å². The van der Waals surface area contributed by atoms with Crippen molar-refractivity contribution in [3.8, 4) is 5.75 Å². The second-order valence-corrected chi connectivity index (χ2v) is 7.48. The Morgan fingerprint density at radius 2 is 1.91 bits per heavy atom. The predicted molar refractivity (Wildman–Crippen MR) is 124 cm³/mol. The van der Waals surface area contributed by atoms with E-state index in [1.54, 1.807) is 53.4 Å². The highest BCUT2D eigenvalue weighted by molar-refractivity contribution is 6.02. The Morgan fingerprint density at radius 3 is 2.64 bits per heavy atom. The van der Waals surface area contributed by atoms with Crippen LogP contribution < -0.4 is 25.6 Å². The van der Waals surface area contributed by atoms with Crippen molar-refractivity contribution in [3.63, 3.8) is 0 Å². The third-order valence-electron chi connectivity index (χ3n) is 5.18. The van der Waals surface area contributed by atoms with Gasteiger partial charge in [0.25, 0.3) is 5.91 Å². The number of anilines is 3. The highest BCUT2D eigenvalue weighted by Gasteiger charge is 2.24. The molecule has 4 amide bonds. The third-order valence-corrected chi connectivity index (χ3v) is 5.18. The van der Waals surface area contributed by atoms with Crippen molar-refractivity contribution in [2.75, 3.05) is 29.2 Å². The monoisotopic (exact) mass is 448 g/mol. The molecule has 3 N–H and O–H groups in total. The number of benzene rings is 2. The van der Waals surface area contributed by atoms with Gasteiger partial charge in [-0.3, -0.25) is 9.59 Å². The van der Waals surface area contributed by atoms with Gasteiger partial charge in [0.15, 0.2) is 5.76 Å². The van der Waals surface area contributed by atoms with Crippen LogP contribution >= 0.6 is 0 Å². The fraction of sp³-hybridized carbons (Fsp3) is 0.208. The summed E-state index contributed by atoms with van der Waals surface area (Å²) in [6.07, 6.45) is 2.78. The zero-order valence-corrected chi connectivity index (χ0v) is 18.1. The van der Waals surface area contributed by atoms with Crippen molar-refractivity contribution in [1.82, 2.24) is 5.32 Å². The highest BCUT2D eigenvalue weighted by atomic mass is 16.5. The predicted octanol–water partition coefficient (Wildman–Crippen LogP) is 3.99. The van der Waals surface area contributed by atoms with Gasteiger partial charge < -0.3 is 30.0 Å². The normalized spacial score (nSPS) is 13.0. The number of carbonyl (C=O) groups is 3. The van der Waals surface area contributed by atoms with Crippen molar-refractivity contribution in [1.29, 1.82) is 0 Å². The molecule has 33 heavy (non-hydrogen) atoms. The van der Waals surface area contributed by atoms with Gasteiger partial charge in [0.2, 0.25) is 5.91 Å². The molecule has 1 saturated heterocycles. The van der Waals surface area contributed by atoms with Crippen molar-refractivity contribution in [2.24, 2.45) is 0 Å². The van der Waals surface area contributed by atoms with E-state index in [0.717, 1.165) is 12.0 Å². The van der Waals surface area contributed by atoms with Crippen LogP contribution in [0.5, 0.6) is 5.75 Å². The van der Waals surface area contributed by atoms with Gasteiger partial charge in [0.05, 0.1) is 19.1 Å². The zero-order valence-electron chi connectivity index (χ0n) is 18.1. The van der Waals surface area contributed by atoms with E-state index < -0.39 is 6.03 Å². The first-order valence-corrected chi connectivity index (χ1v) is 10.5. The molecule has 4 rings (SSSR count). The maximum absolute atomic E-state index is 12.4. The lowest BCUT2D eigenvalue weighted by atomic mass is 10.2. The van der Waals surface area contributed by atoms with Crippen LogP contribution in [0.25, 0.3) is 0 Å². The third kappa shape index (κ3) is 5.32. The average molecular weight is 448 g/mol. The van der Waals surface area contributed by atoms with E-state index in [1.165, 1.54) is 13.4 Å². The number of hydrogen-bond acceptors (Lipinski definition) is 5. The van der Waals surface area contributed by atoms with Crippen LogP contribution in [0, 0.1) is 0 Å². The van der Waals surface area contributed by atoms with E-state index in [2.05, 4.69) is 16.0 Å². The minimum Gasteiger partial charge on any atom is -0.494 e. The number of furan rings is 1. The molecule has 9 nitrogen and oxygen atoms in total. The van der Waals surface area contributed by atoms with Gasteiger partial charge >= 0.3 is 6.03 Å². The molecule has 0 bridgehead atoms. The van der Waals surface area contributed by atoms with Crippen molar-refractivity contribution >= 4 is 34.9 Å². The number of carbonyl (C=O) groups excluding carboxylic acids is 3. The Bertz CT molecular complexity index is 1160. The topological polar surface area (TPSA) is 113 Å². The maximum atomic E-state index is 12.4. The smallest absolute Gasteiger partial charge is 0.319 e. The molecule has 1 aliphatic heterocycles. The number of nitrogens with zero attached hydrogens (tertiary/aromatic N) is 1. The number of ether oxygens (including phenoxy) is 1. The molecule has 3 aromatic rings. The number of urea groups is 1. The second-order valence-electron chi connectivity index (χ2n) is 7.48. The molecule has 0 radical (unpaired) electrons. The van der Waals surface area contributed by atoms with E-state index in [0.29, 0.717) is 35.8 Å². The molecule has 2 heterocycles. The first kappa shape index (κ1) is 21.9. The lowest BCUT2D eigenvalue weighted by Gasteiger charge is -2.19. The summed E-state index contributed by atoms with van der Waals surface area (Å²) in [5.74, 6) is 0.446. The van der Waals surface area contributed by atoms with E-state index in [-0.39, 0.29) is 24.1 Å². The van der Waals surface area contributed by atoms with Crippen LogP contribution in [-0.4, -0.2) is 31.5 Å². The molecule has 2 aromatic carbocycles. The SMILES string of the molecule is COc1cc(NC(=O)NCc2cccc(NC(=O)c3ccco3)c2)ccc1N1CCCC1=O. The minimum atomic E-state index is -0.396. The van der Waals surface area contributed by atoms with E-state index >= 15 is 0 Å². The molecule has 0 unspecified atom stereocenters. The van der Waals surface area contributed by atoms with E-state index in [1.807, 2.05) is 6.07 Å². The van der Waals surface area contributed by atoms with Crippen molar-refractivity contribution in [3.05, 3.63) is 72.2 Å². The fourth-order valence-electron chi connectivity index (χ4n) is 3.60. The molecule has 0 atom stereocenters. The first-order chi connectivity index (χ1) is 16.0. The molecule has 1 aromatic heterocycles. The lowest BCUT2D eigenvalue weighted by molar-refractivity contribution is -0.117. The molecule has 170 valence electrons. The first-order valence-electron chi connectivity index (χ1n) is 10.5. The maximum Gasteiger partial charge on any atom is 0.319 e. The second kappa shape index (κ2) is 9.90. The van der Waals surface area contributed by atoms with Crippen LogP contribution in [0.4, 0.5) is 21.9 Å². The molecule has 0 aliphatic carbocycles. The Balaban J connectivity index is 1.34. The number of hydrogen-bond donors (Lipinski definition) is 3. The Labute approximate surface area is 190 Å². The summed E-state index contributed by atoms with van der Waals surface area (Å²) < 4.78 is 10.5. The summed E-state index contributed by atoms with van der Waals surface area (Å²) in [5.41, 5.74) is 2.63. The summed E-state index contributed by atoms with van der Waals surface area (Å²) >= 11 is 0. The number of rotatable bonds is 7. The average Bonchev–Trinajstić information content (AvgIpc) is 3.50. The summed E-state index contributed by atoms with van der Waals surface area (Å²) in [5, 5.41) is 8.30. The van der Waals surface area contributed by atoms with E-state index in [9.17, 15) is 14.4 Å². The summed E-state index contributed by atoms with van der Waals surface area (Å²) in [7, 11) is 1.53. The quantitative estimate of drug-likeness (QED) is 0.506. The van der Waals surface area contributed by atoms with Gasteiger partial charge in [0.1, 0.15) is 5.75 Å². The number of amides is 4. The van der Waals surface area contributed by atoms with Crippen molar-refractivity contribution in [2.45, 2.75) is 19.4 Å². The van der Waals surface area contributed by atoms with E-state index in [4.69, 9.17) is 9.15 Å². The van der Waals surface area contributed by atoms with Crippen LogP contribution in [0.3, 0.4) is 0 Å². The van der Waals surface area contributed by atoms with Crippen LogP contribution in [0.15, 0.2) is 65.3 Å². The van der Waals surface area contributed by atoms with Gasteiger partial charge in [-0.2, -0.15) is 0 Å². The molecular formula is C24H24N4O5. The standard InChI is InChI=1S/C24H24N4O5/c1-32-21-14-18(9-10-19(21)28-11-3-8-22(28)29)27-24(31)25-15-16-5-2-6-17(13-16)26-23(30)20-7-4-12-33-20/h2,4-7,9-10,12-14H,3,8,11,15H2,1H3,(H,26,30)(H2,25,27,31). The summed E-state index contributed by atoms with van der Waals surface area (Å²) in [6, 6.07) is 15.2. The molecule has 9 heteroatoms. The highest BCUT2D eigenvalue weighted by Crippen LogP contribution is 2.33. The number of methoxy groups -OCH3 is 1. The summed E-state index contributed by atoms with van der Waals surface area (Å²) in [4.78, 5) is 38.2. The van der Waals surface area contributed by atoms with Crippen molar-refractivity contribution < 1.29 is 23.5 Å².